The normalized spacial score (nSPS) is 10.6. The lowest BCUT2D eigenvalue weighted by Gasteiger charge is -2.03. The van der Waals surface area contributed by atoms with E-state index in [4.69, 9.17) is 0 Å². The van der Waals surface area contributed by atoms with Crippen molar-refractivity contribution in [1.82, 2.24) is 10.3 Å². The van der Waals surface area contributed by atoms with Gasteiger partial charge in [0, 0.05) is 19.5 Å². The van der Waals surface area contributed by atoms with Crippen LogP contribution in [0.3, 0.4) is 0 Å². The lowest BCUT2D eigenvalue weighted by atomic mass is 10.2. The molecule has 19 heavy (non-hydrogen) atoms. The summed E-state index contributed by atoms with van der Waals surface area (Å²) in [4.78, 5) is 15.9. The number of amides is 1. The minimum atomic E-state index is 0.0892. The maximum absolute atomic E-state index is 11.4. The summed E-state index contributed by atoms with van der Waals surface area (Å²) in [6.45, 7) is 5.49. The summed E-state index contributed by atoms with van der Waals surface area (Å²) in [5.74, 6) is 0.0892. The second-order valence-corrected chi connectivity index (χ2v) is 5.55. The van der Waals surface area contributed by atoms with Crippen LogP contribution in [0.4, 0.5) is 5.13 Å². The third-order valence-corrected chi connectivity index (χ3v) is 3.72. The molecule has 4 nitrogen and oxygen atoms in total. The highest BCUT2D eigenvalue weighted by Crippen LogP contribution is 2.26. The van der Waals surface area contributed by atoms with Crippen LogP contribution in [0, 0.1) is 6.92 Å². The van der Waals surface area contributed by atoms with Crippen molar-refractivity contribution in [2.24, 2.45) is 0 Å². The zero-order valence-corrected chi connectivity index (χ0v) is 12.1. The molecule has 2 aromatic rings. The first-order chi connectivity index (χ1) is 9.19. The van der Waals surface area contributed by atoms with Crippen LogP contribution >= 0.6 is 11.3 Å². The molecule has 0 spiro atoms. The van der Waals surface area contributed by atoms with Crippen LogP contribution in [0.15, 0.2) is 18.2 Å². The van der Waals surface area contributed by atoms with Crippen LogP contribution in [-0.2, 0) is 4.79 Å². The number of carbonyl (C=O) groups excluding carboxylic acids is 1. The molecule has 0 aliphatic rings. The first kappa shape index (κ1) is 13.8. The fourth-order valence-electron chi connectivity index (χ4n) is 1.74. The number of carbonyl (C=O) groups is 1. The van der Waals surface area contributed by atoms with E-state index in [1.807, 2.05) is 13.0 Å². The van der Waals surface area contributed by atoms with E-state index >= 15 is 0 Å². The van der Waals surface area contributed by atoms with Gasteiger partial charge in [0.15, 0.2) is 5.13 Å². The number of hydrogen-bond donors (Lipinski definition) is 2. The lowest BCUT2D eigenvalue weighted by molar-refractivity contribution is -0.120. The van der Waals surface area contributed by atoms with Crippen LogP contribution in [0.2, 0.25) is 0 Å². The number of hydrogen-bond acceptors (Lipinski definition) is 4. The van der Waals surface area contributed by atoms with Crippen LogP contribution in [0.25, 0.3) is 10.2 Å². The molecule has 1 aromatic heterocycles. The molecule has 1 aromatic carbocycles. The largest absolute Gasteiger partial charge is 0.361 e. The Morgan fingerprint density at radius 2 is 2.21 bits per heavy atom. The van der Waals surface area contributed by atoms with E-state index in [1.54, 1.807) is 11.3 Å². The molecular weight excluding hydrogens is 258 g/mol. The van der Waals surface area contributed by atoms with Gasteiger partial charge in [0.2, 0.25) is 5.91 Å². The van der Waals surface area contributed by atoms with Crippen molar-refractivity contribution >= 4 is 32.6 Å². The predicted molar refractivity (Wildman–Crippen MR) is 80.8 cm³/mol. The predicted octanol–water partition coefficient (Wildman–Crippen LogP) is 2.93. The zero-order valence-electron chi connectivity index (χ0n) is 11.3. The number of benzene rings is 1. The fourth-order valence-corrected chi connectivity index (χ4v) is 2.73. The Bertz CT molecular complexity index is 565. The molecule has 0 saturated heterocycles. The Labute approximate surface area is 117 Å². The average Bonchev–Trinajstić information content (AvgIpc) is 2.78. The Morgan fingerprint density at radius 1 is 1.37 bits per heavy atom. The SMILES string of the molecule is CCCNC(=O)CCNc1nc2ccc(C)cc2s1. The molecule has 1 amide bonds. The van der Waals surface area contributed by atoms with Crippen LogP contribution in [0.1, 0.15) is 25.3 Å². The number of rotatable bonds is 6. The molecule has 0 radical (unpaired) electrons. The van der Waals surface area contributed by atoms with Crippen LogP contribution < -0.4 is 10.6 Å². The van der Waals surface area contributed by atoms with Gasteiger partial charge in [0.1, 0.15) is 0 Å². The molecule has 0 saturated carbocycles. The standard InChI is InChI=1S/C14H19N3OS/c1-3-7-15-13(18)6-8-16-14-17-11-5-4-10(2)9-12(11)19-14/h4-5,9H,3,6-8H2,1-2H3,(H,15,18)(H,16,17). The molecule has 2 rings (SSSR count). The Morgan fingerprint density at radius 3 is 3.00 bits per heavy atom. The van der Waals surface area contributed by atoms with E-state index in [1.165, 1.54) is 10.3 Å². The topological polar surface area (TPSA) is 54.0 Å². The molecule has 2 N–H and O–H groups in total. The number of nitrogens with one attached hydrogen (secondary N) is 2. The molecule has 0 atom stereocenters. The fraction of sp³-hybridized carbons (Fsp3) is 0.429. The third kappa shape index (κ3) is 3.92. The number of aryl methyl sites for hydroxylation is 1. The first-order valence-corrected chi connectivity index (χ1v) is 7.38. The molecule has 1 heterocycles. The number of nitrogens with zero attached hydrogens (tertiary/aromatic N) is 1. The Hall–Kier alpha value is -1.62. The van der Waals surface area contributed by atoms with Crippen molar-refractivity contribution in [2.75, 3.05) is 18.4 Å². The van der Waals surface area contributed by atoms with Crippen molar-refractivity contribution in [2.45, 2.75) is 26.7 Å². The molecule has 5 heteroatoms. The van der Waals surface area contributed by atoms with Crippen molar-refractivity contribution in [3.05, 3.63) is 23.8 Å². The number of anilines is 1. The average molecular weight is 277 g/mol. The number of aromatic nitrogens is 1. The molecular formula is C14H19N3OS. The highest BCUT2D eigenvalue weighted by atomic mass is 32.1. The summed E-state index contributed by atoms with van der Waals surface area (Å²) >= 11 is 1.63. The maximum atomic E-state index is 11.4. The Balaban J connectivity index is 1.86. The third-order valence-electron chi connectivity index (χ3n) is 2.74. The van der Waals surface area contributed by atoms with Crippen molar-refractivity contribution in [1.29, 1.82) is 0 Å². The van der Waals surface area contributed by atoms with Gasteiger partial charge in [-0.25, -0.2) is 4.98 Å². The minimum Gasteiger partial charge on any atom is -0.361 e. The van der Waals surface area contributed by atoms with Gasteiger partial charge in [0.25, 0.3) is 0 Å². The van der Waals surface area contributed by atoms with E-state index in [2.05, 4.69) is 34.7 Å². The van der Waals surface area contributed by atoms with Crippen molar-refractivity contribution in [3.8, 4) is 0 Å². The van der Waals surface area contributed by atoms with Gasteiger partial charge in [-0.3, -0.25) is 4.79 Å². The summed E-state index contributed by atoms with van der Waals surface area (Å²) in [7, 11) is 0. The van der Waals surface area contributed by atoms with E-state index in [0.29, 0.717) is 13.0 Å². The van der Waals surface area contributed by atoms with Gasteiger partial charge < -0.3 is 10.6 Å². The van der Waals surface area contributed by atoms with E-state index in [-0.39, 0.29) is 5.91 Å². The molecule has 0 bridgehead atoms. The summed E-state index contributed by atoms with van der Waals surface area (Å²) in [5.41, 5.74) is 2.25. The summed E-state index contributed by atoms with van der Waals surface area (Å²) in [5, 5.41) is 6.94. The summed E-state index contributed by atoms with van der Waals surface area (Å²) < 4.78 is 1.18. The van der Waals surface area contributed by atoms with Crippen molar-refractivity contribution < 1.29 is 4.79 Å². The van der Waals surface area contributed by atoms with Gasteiger partial charge in [-0.2, -0.15) is 0 Å². The molecule has 0 aliphatic carbocycles. The van der Waals surface area contributed by atoms with E-state index < -0.39 is 0 Å². The molecule has 102 valence electrons. The van der Waals surface area contributed by atoms with Gasteiger partial charge in [-0.05, 0) is 31.0 Å². The molecule has 0 fully saturated rings. The van der Waals surface area contributed by atoms with E-state index in [0.717, 1.165) is 23.6 Å². The summed E-state index contributed by atoms with van der Waals surface area (Å²) in [6, 6.07) is 6.22. The molecule has 0 aliphatic heterocycles. The van der Waals surface area contributed by atoms with Gasteiger partial charge in [-0.1, -0.05) is 24.3 Å². The highest BCUT2D eigenvalue weighted by molar-refractivity contribution is 7.22. The lowest BCUT2D eigenvalue weighted by Crippen LogP contribution is -2.25. The van der Waals surface area contributed by atoms with Gasteiger partial charge in [0.05, 0.1) is 10.2 Å². The van der Waals surface area contributed by atoms with E-state index in [9.17, 15) is 4.79 Å². The second-order valence-electron chi connectivity index (χ2n) is 4.52. The molecule has 0 unspecified atom stereocenters. The van der Waals surface area contributed by atoms with Crippen molar-refractivity contribution in [3.63, 3.8) is 0 Å². The Kier molecular flexibility index (Phi) is 4.74. The van der Waals surface area contributed by atoms with Gasteiger partial charge in [-0.15, -0.1) is 0 Å². The maximum Gasteiger partial charge on any atom is 0.221 e. The number of fused-ring (bicyclic) bond motifs is 1. The minimum absolute atomic E-state index is 0.0892. The smallest absolute Gasteiger partial charge is 0.221 e. The highest BCUT2D eigenvalue weighted by Gasteiger charge is 2.04. The zero-order chi connectivity index (χ0) is 13.7. The van der Waals surface area contributed by atoms with Gasteiger partial charge >= 0.3 is 0 Å². The second kappa shape index (κ2) is 6.52. The monoisotopic (exact) mass is 277 g/mol. The first-order valence-electron chi connectivity index (χ1n) is 6.57. The quantitative estimate of drug-likeness (QED) is 0.853. The van der Waals surface area contributed by atoms with Crippen LogP contribution in [0.5, 0.6) is 0 Å². The summed E-state index contributed by atoms with van der Waals surface area (Å²) in [6.07, 6.45) is 1.45. The van der Waals surface area contributed by atoms with Crippen LogP contribution in [-0.4, -0.2) is 24.0 Å². The number of thiazole rings is 1.